The Labute approximate surface area is 126 Å². The van der Waals surface area contributed by atoms with Crippen LogP contribution in [0.1, 0.15) is 36.8 Å². The number of hydrogen-bond donors (Lipinski definition) is 1. The number of rotatable bonds is 5. The Kier molecular flexibility index (Phi) is 3.07. The molecule has 0 bridgehead atoms. The average molecular weight is 285 g/mol. The third-order valence-electron chi connectivity index (χ3n) is 5.12. The molecule has 0 atom stereocenters. The first-order valence-electron chi connectivity index (χ1n) is 8.22. The van der Waals surface area contributed by atoms with Gasteiger partial charge in [0.25, 0.3) is 5.91 Å². The summed E-state index contributed by atoms with van der Waals surface area (Å²) in [4.78, 5) is 14.9. The molecule has 4 rings (SSSR count). The van der Waals surface area contributed by atoms with Crippen LogP contribution in [0.4, 0.5) is 0 Å². The molecule has 1 aromatic rings. The Morgan fingerprint density at radius 3 is 1.95 bits per heavy atom. The molecule has 0 aromatic heterocycles. The third kappa shape index (κ3) is 2.71. The van der Waals surface area contributed by atoms with E-state index in [1.807, 2.05) is 29.2 Å². The lowest BCUT2D eigenvalue weighted by Gasteiger charge is -2.31. The monoisotopic (exact) mass is 285 g/mol. The summed E-state index contributed by atoms with van der Waals surface area (Å²) in [6.07, 6.45) is 5.93. The lowest BCUT2D eigenvalue weighted by atomic mass is 9.98. The first kappa shape index (κ1) is 13.3. The van der Waals surface area contributed by atoms with Crippen molar-refractivity contribution in [1.82, 2.24) is 4.90 Å². The molecule has 1 N–H and O–H groups in total. The van der Waals surface area contributed by atoms with Crippen LogP contribution in [0.15, 0.2) is 24.3 Å². The summed E-state index contributed by atoms with van der Waals surface area (Å²) in [6, 6.07) is 8.04. The number of nitrogens with zero attached hydrogens (tertiary/aromatic N) is 1. The quantitative estimate of drug-likeness (QED) is 0.900. The van der Waals surface area contributed by atoms with E-state index in [4.69, 9.17) is 0 Å². The van der Waals surface area contributed by atoms with Gasteiger partial charge in [0.15, 0.2) is 5.60 Å². The fourth-order valence-corrected chi connectivity index (χ4v) is 3.51. The van der Waals surface area contributed by atoms with Crippen LogP contribution in [0.3, 0.4) is 0 Å². The first-order chi connectivity index (χ1) is 10.1. The smallest absolute Gasteiger partial charge is 0.255 e. The topological polar surface area (TPSA) is 40.5 Å². The Morgan fingerprint density at radius 1 is 1.05 bits per heavy atom. The van der Waals surface area contributed by atoms with Crippen molar-refractivity contribution >= 4 is 5.91 Å². The number of benzene rings is 1. The molecule has 2 fully saturated rings. The highest BCUT2D eigenvalue weighted by molar-refractivity contribution is 5.87. The van der Waals surface area contributed by atoms with Gasteiger partial charge in [-0.3, -0.25) is 4.79 Å². The van der Waals surface area contributed by atoms with Crippen LogP contribution in [0.25, 0.3) is 0 Å². The van der Waals surface area contributed by atoms with E-state index >= 15 is 0 Å². The van der Waals surface area contributed by atoms with Crippen molar-refractivity contribution in [2.75, 3.05) is 13.1 Å². The van der Waals surface area contributed by atoms with Gasteiger partial charge in [-0.2, -0.15) is 0 Å². The standard InChI is InChI=1S/C18H23NO2/c20-17(19(11-13-5-6-13)12-14-7-8-14)18(21)9-15-3-1-2-4-16(15)10-18/h1-4,13-14,21H,5-12H2. The molecule has 3 nitrogen and oxygen atoms in total. The molecule has 3 heteroatoms. The predicted molar refractivity (Wildman–Crippen MR) is 80.8 cm³/mol. The Hall–Kier alpha value is -1.35. The van der Waals surface area contributed by atoms with Gasteiger partial charge in [-0.05, 0) is 48.6 Å². The molecule has 0 aliphatic heterocycles. The molecule has 0 spiro atoms. The van der Waals surface area contributed by atoms with Crippen molar-refractivity contribution in [3.63, 3.8) is 0 Å². The summed E-state index contributed by atoms with van der Waals surface area (Å²) < 4.78 is 0. The molecular formula is C18H23NO2. The normalized spacial score (nSPS) is 22.9. The molecule has 112 valence electrons. The molecule has 1 amide bonds. The summed E-state index contributed by atoms with van der Waals surface area (Å²) >= 11 is 0. The Bertz CT molecular complexity index is 521. The van der Waals surface area contributed by atoms with Gasteiger partial charge in [-0.25, -0.2) is 0 Å². The molecular weight excluding hydrogens is 262 g/mol. The summed E-state index contributed by atoms with van der Waals surface area (Å²) in [7, 11) is 0. The maximum Gasteiger partial charge on any atom is 0.255 e. The molecule has 1 aromatic carbocycles. The maximum absolute atomic E-state index is 12.9. The van der Waals surface area contributed by atoms with E-state index in [0.29, 0.717) is 24.7 Å². The van der Waals surface area contributed by atoms with E-state index in [1.54, 1.807) is 0 Å². The van der Waals surface area contributed by atoms with Crippen LogP contribution < -0.4 is 0 Å². The van der Waals surface area contributed by atoms with E-state index in [0.717, 1.165) is 24.2 Å². The third-order valence-corrected chi connectivity index (χ3v) is 5.12. The maximum atomic E-state index is 12.9. The molecule has 3 aliphatic carbocycles. The van der Waals surface area contributed by atoms with Crippen molar-refractivity contribution in [2.24, 2.45) is 11.8 Å². The molecule has 0 radical (unpaired) electrons. The Morgan fingerprint density at radius 2 is 1.52 bits per heavy atom. The van der Waals surface area contributed by atoms with Gasteiger partial charge in [0, 0.05) is 25.9 Å². The van der Waals surface area contributed by atoms with E-state index in [1.165, 1.54) is 25.7 Å². The van der Waals surface area contributed by atoms with Gasteiger partial charge in [-0.1, -0.05) is 24.3 Å². The highest BCUT2D eigenvalue weighted by Crippen LogP contribution is 2.37. The van der Waals surface area contributed by atoms with E-state index < -0.39 is 5.60 Å². The number of hydrogen-bond acceptors (Lipinski definition) is 2. The van der Waals surface area contributed by atoms with Gasteiger partial charge in [0.1, 0.15) is 0 Å². The summed E-state index contributed by atoms with van der Waals surface area (Å²) in [5.74, 6) is 1.33. The average Bonchev–Trinajstić information content (AvgIpc) is 3.37. The zero-order chi connectivity index (χ0) is 14.4. The van der Waals surface area contributed by atoms with Crippen molar-refractivity contribution in [3.05, 3.63) is 35.4 Å². The second-order valence-corrected chi connectivity index (χ2v) is 7.25. The lowest BCUT2D eigenvalue weighted by molar-refractivity contribution is -0.151. The number of amides is 1. The lowest BCUT2D eigenvalue weighted by Crippen LogP contribution is -2.51. The molecule has 21 heavy (non-hydrogen) atoms. The van der Waals surface area contributed by atoms with Gasteiger partial charge in [-0.15, -0.1) is 0 Å². The fraction of sp³-hybridized carbons (Fsp3) is 0.611. The van der Waals surface area contributed by atoms with Crippen molar-refractivity contribution in [1.29, 1.82) is 0 Å². The number of aliphatic hydroxyl groups is 1. The predicted octanol–water partition coefficient (Wildman–Crippen LogP) is 2.16. The summed E-state index contributed by atoms with van der Waals surface area (Å²) in [5, 5.41) is 10.9. The fourth-order valence-electron chi connectivity index (χ4n) is 3.51. The SMILES string of the molecule is O=C(N(CC1CC1)CC1CC1)C1(O)Cc2ccccc2C1. The van der Waals surface area contributed by atoms with Crippen LogP contribution in [-0.2, 0) is 17.6 Å². The van der Waals surface area contributed by atoms with Crippen LogP contribution in [0.2, 0.25) is 0 Å². The molecule has 0 heterocycles. The van der Waals surface area contributed by atoms with Gasteiger partial charge >= 0.3 is 0 Å². The van der Waals surface area contributed by atoms with Crippen LogP contribution in [0, 0.1) is 11.8 Å². The van der Waals surface area contributed by atoms with Crippen LogP contribution in [0.5, 0.6) is 0 Å². The van der Waals surface area contributed by atoms with E-state index in [2.05, 4.69) is 0 Å². The number of carbonyl (C=O) groups is 1. The van der Waals surface area contributed by atoms with Crippen molar-refractivity contribution in [2.45, 2.75) is 44.1 Å². The molecule has 3 aliphatic rings. The number of carbonyl (C=O) groups excluding carboxylic acids is 1. The second kappa shape index (κ2) is 4.84. The van der Waals surface area contributed by atoms with E-state index in [-0.39, 0.29) is 5.91 Å². The van der Waals surface area contributed by atoms with Crippen molar-refractivity contribution < 1.29 is 9.90 Å². The molecule has 0 unspecified atom stereocenters. The Balaban J connectivity index is 1.51. The van der Waals surface area contributed by atoms with Gasteiger partial charge in [0.2, 0.25) is 0 Å². The van der Waals surface area contributed by atoms with Crippen LogP contribution in [-0.4, -0.2) is 34.6 Å². The number of fused-ring (bicyclic) bond motifs is 1. The van der Waals surface area contributed by atoms with E-state index in [9.17, 15) is 9.90 Å². The molecule has 0 saturated heterocycles. The zero-order valence-electron chi connectivity index (χ0n) is 12.4. The summed E-state index contributed by atoms with van der Waals surface area (Å²) in [5.41, 5.74) is 1.06. The minimum Gasteiger partial charge on any atom is -0.379 e. The van der Waals surface area contributed by atoms with Crippen LogP contribution >= 0.6 is 0 Å². The summed E-state index contributed by atoms with van der Waals surface area (Å²) in [6.45, 7) is 1.71. The first-order valence-corrected chi connectivity index (χ1v) is 8.22. The van der Waals surface area contributed by atoms with Gasteiger partial charge < -0.3 is 10.0 Å². The minimum atomic E-state index is -1.20. The van der Waals surface area contributed by atoms with Gasteiger partial charge in [0.05, 0.1) is 0 Å². The zero-order valence-corrected chi connectivity index (χ0v) is 12.4. The largest absolute Gasteiger partial charge is 0.379 e. The highest BCUT2D eigenvalue weighted by atomic mass is 16.3. The minimum absolute atomic E-state index is 0.0301. The second-order valence-electron chi connectivity index (χ2n) is 7.25. The molecule has 2 saturated carbocycles. The van der Waals surface area contributed by atoms with Crippen molar-refractivity contribution in [3.8, 4) is 0 Å². The highest BCUT2D eigenvalue weighted by Gasteiger charge is 2.45.